The number of hydrogen-bond acceptors (Lipinski definition) is 4. The highest BCUT2D eigenvalue weighted by Crippen LogP contribution is 2.29. The van der Waals surface area contributed by atoms with Crippen LogP contribution in [-0.2, 0) is 0 Å². The Bertz CT molecular complexity index is 442. The van der Waals surface area contributed by atoms with Crippen LogP contribution in [-0.4, -0.2) is 11.5 Å². The van der Waals surface area contributed by atoms with Crippen molar-refractivity contribution in [3.8, 4) is 5.75 Å². The highest BCUT2D eigenvalue weighted by Gasteiger charge is 2.14. The van der Waals surface area contributed by atoms with Crippen LogP contribution >= 0.6 is 0 Å². The van der Waals surface area contributed by atoms with Gasteiger partial charge in [0.1, 0.15) is 5.75 Å². The van der Waals surface area contributed by atoms with Gasteiger partial charge in [-0.3, -0.25) is 10.1 Å². The van der Waals surface area contributed by atoms with Crippen LogP contribution in [0.1, 0.15) is 38.5 Å². The second-order valence-electron chi connectivity index (χ2n) is 5.12. The highest BCUT2D eigenvalue weighted by molar-refractivity contribution is 5.57. The Morgan fingerprint density at radius 1 is 1.32 bits per heavy atom. The molecule has 1 aliphatic rings. The monoisotopic (exact) mass is 264 g/mol. The molecule has 2 rings (SSSR count). The summed E-state index contributed by atoms with van der Waals surface area (Å²) in [4.78, 5) is 10.3. The molecule has 19 heavy (non-hydrogen) atoms. The summed E-state index contributed by atoms with van der Waals surface area (Å²) in [5.41, 5.74) is 6.23. The lowest BCUT2D eigenvalue weighted by molar-refractivity contribution is -0.384. The zero-order chi connectivity index (χ0) is 13.7. The number of non-ortho nitro benzene ring substituents is 1. The maximum Gasteiger partial charge on any atom is 0.273 e. The Hall–Kier alpha value is -1.78. The van der Waals surface area contributed by atoms with Crippen molar-refractivity contribution in [2.24, 2.45) is 5.92 Å². The Kier molecular flexibility index (Phi) is 4.60. The molecule has 1 aromatic carbocycles. The summed E-state index contributed by atoms with van der Waals surface area (Å²) in [6.45, 7) is 0.579. The van der Waals surface area contributed by atoms with Crippen LogP contribution in [0.3, 0.4) is 0 Å². The minimum atomic E-state index is -0.437. The van der Waals surface area contributed by atoms with Gasteiger partial charge in [-0.15, -0.1) is 0 Å². The van der Waals surface area contributed by atoms with Gasteiger partial charge in [-0.25, -0.2) is 0 Å². The Morgan fingerprint density at radius 2 is 2.05 bits per heavy atom. The average molecular weight is 264 g/mol. The molecular weight excluding hydrogens is 244 g/mol. The molecule has 5 heteroatoms. The maximum atomic E-state index is 10.7. The van der Waals surface area contributed by atoms with Crippen LogP contribution in [0.25, 0.3) is 0 Å². The molecule has 0 aromatic heterocycles. The van der Waals surface area contributed by atoms with Crippen molar-refractivity contribution in [1.29, 1.82) is 0 Å². The summed E-state index contributed by atoms with van der Waals surface area (Å²) in [5, 5.41) is 10.7. The van der Waals surface area contributed by atoms with Gasteiger partial charge in [0, 0.05) is 6.07 Å². The largest absolute Gasteiger partial charge is 0.491 e. The number of nitrogens with zero attached hydrogens (tertiary/aromatic N) is 1. The molecule has 5 nitrogen and oxygen atoms in total. The third-order valence-electron chi connectivity index (χ3n) is 3.72. The first-order valence-electron chi connectivity index (χ1n) is 6.83. The highest BCUT2D eigenvalue weighted by atomic mass is 16.6. The van der Waals surface area contributed by atoms with E-state index in [4.69, 9.17) is 10.5 Å². The molecule has 0 amide bonds. The minimum absolute atomic E-state index is 0.0156. The van der Waals surface area contributed by atoms with E-state index >= 15 is 0 Å². The van der Waals surface area contributed by atoms with E-state index in [1.54, 1.807) is 0 Å². The van der Waals surface area contributed by atoms with Crippen LogP contribution < -0.4 is 10.5 Å². The van der Waals surface area contributed by atoms with Gasteiger partial charge >= 0.3 is 0 Å². The SMILES string of the molecule is Nc1ccc([N+](=O)[O-])cc1OCCC1CCCCC1. The van der Waals surface area contributed by atoms with Gasteiger partial charge in [0.15, 0.2) is 0 Å². The van der Waals surface area contributed by atoms with Crippen molar-refractivity contribution in [3.05, 3.63) is 28.3 Å². The average Bonchev–Trinajstić information content (AvgIpc) is 2.42. The lowest BCUT2D eigenvalue weighted by Gasteiger charge is -2.21. The number of nitrogen functional groups attached to an aromatic ring is 1. The van der Waals surface area contributed by atoms with Gasteiger partial charge in [0.2, 0.25) is 0 Å². The summed E-state index contributed by atoms with van der Waals surface area (Å²) < 4.78 is 5.60. The third-order valence-corrected chi connectivity index (χ3v) is 3.72. The predicted molar refractivity (Wildman–Crippen MR) is 74.2 cm³/mol. The molecule has 1 fully saturated rings. The van der Waals surface area contributed by atoms with E-state index in [0.717, 1.165) is 12.3 Å². The van der Waals surface area contributed by atoms with Crippen LogP contribution in [0, 0.1) is 16.0 Å². The molecule has 0 spiro atoms. The van der Waals surface area contributed by atoms with Crippen molar-refractivity contribution in [3.63, 3.8) is 0 Å². The lowest BCUT2D eigenvalue weighted by atomic mass is 9.87. The van der Waals surface area contributed by atoms with E-state index in [1.165, 1.54) is 50.3 Å². The number of nitrogens with two attached hydrogens (primary N) is 1. The quantitative estimate of drug-likeness (QED) is 0.501. The van der Waals surface area contributed by atoms with Crippen LogP contribution in [0.15, 0.2) is 18.2 Å². The molecule has 0 saturated heterocycles. The number of nitro benzene ring substituents is 1. The molecule has 2 N–H and O–H groups in total. The Morgan fingerprint density at radius 3 is 2.74 bits per heavy atom. The standard InChI is InChI=1S/C14H20N2O3/c15-13-7-6-12(16(17)18)10-14(13)19-9-8-11-4-2-1-3-5-11/h6-7,10-11H,1-5,8-9,15H2. The number of benzene rings is 1. The van der Waals surface area contributed by atoms with E-state index in [2.05, 4.69) is 0 Å². The summed E-state index contributed by atoms with van der Waals surface area (Å²) >= 11 is 0. The first-order chi connectivity index (χ1) is 9.16. The van der Waals surface area contributed by atoms with Gasteiger partial charge in [0.05, 0.1) is 23.3 Å². The molecule has 0 bridgehead atoms. The molecule has 0 unspecified atom stereocenters. The van der Waals surface area contributed by atoms with E-state index in [9.17, 15) is 10.1 Å². The molecule has 0 heterocycles. The molecule has 1 aromatic rings. The normalized spacial score (nSPS) is 16.2. The first kappa shape index (κ1) is 13.6. The van der Waals surface area contributed by atoms with Crippen molar-refractivity contribution >= 4 is 11.4 Å². The summed E-state index contributed by atoms with van der Waals surface area (Å²) in [6, 6.07) is 4.31. The Balaban J connectivity index is 1.87. The zero-order valence-corrected chi connectivity index (χ0v) is 11.0. The Labute approximate surface area is 112 Å². The fraction of sp³-hybridized carbons (Fsp3) is 0.571. The van der Waals surface area contributed by atoms with Crippen molar-refractivity contribution in [2.45, 2.75) is 38.5 Å². The molecule has 1 saturated carbocycles. The number of hydrogen-bond donors (Lipinski definition) is 1. The lowest BCUT2D eigenvalue weighted by Crippen LogP contribution is -2.11. The van der Waals surface area contributed by atoms with Crippen LogP contribution in [0.5, 0.6) is 5.75 Å². The smallest absolute Gasteiger partial charge is 0.273 e. The van der Waals surface area contributed by atoms with Gasteiger partial charge in [0.25, 0.3) is 5.69 Å². The van der Waals surface area contributed by atoms with Gasteiger partial charge < -0.3 is 10.5 Å². The fourth-order valence-corrected chi connectivity index (χ4v) is 2.57. The summed E-state index contributed by atoms with van der Waals surface area (Å²) in [7, 11) is 0. The second-order valence-corrected chi connectivity index (χ2v) is 5.12. The van der Waals surface area contributed by atoms with Gasteiger partial charge in [-0.1, -0.05) is 32.1 Å². The van der Waals surface area contributed by atoms with Crippen molar-refractivity contribution in [1.82, 2.24) is 0 Å². The molecule has 104 valence electrons. The molecule has 0 atom stereocenters. The second kappa shape index (κ2) is 6.41. The number of anilines is 1. The minimum Gasteiger partial charge on any atom is -0.491 e. The maximum absolute atomic E-state index is 10.7. The topological polar surface area (TPSA) is 78.4 Å². The third kappa shape index (κ3) is 3.84. The summed E-state index contributed by atoms with van der Waals surface area (Å²) in [5.74, 6) is 1.15. The van der Waals surface area contributed by atoms with Crippen LogP contribution in [0.2, 0.25) is 0 Å². The molecule has 0 aliphatic heterocycles. The van der Waals surface area contributed by atoms with Crippen LogP contribution in [0.4, 0.5) is 11.4 Å². The van der Waals surface area contributed by atoms with E-state index in [-0.39, 0.29) is 5.69 Å². The molecule has 0 radical (unpaired) electrons. The predicted octanol–water partition coefficient (Wildman–Crippen LogP) is 3.53. The molecule has 1 aliphatic carbocycles. The number of nitro groups is 1. The number of ether oxygens (including phenoxy) is 1. The zero-order valence-electron chi connectivity index (χ0n) is 11.0. The van der Waals surface area contributed by atoms with E-state index in [0.29, 0.717) is 18.0 Å². The van der Waals surface area contributed by atoms with Crippen molar-refractivity contribution < 1.29 is 9.66 Å². The van der Waals surface area contributed by atoms with Crippen molar-refractivity contribution in [2.75, 3.05) is 12.3 Å². The van der Waals surface area contributed by atoms with Gasteiger partial charge in [-0.2, -0.15) is 0 Å². The summed E-state index contributed by atoms with van der Waals surface area (Å²) in [6.07, 6.45) is 7.51. The van der Waals surface area contributed by atoms with E-state index in [1.807, 2.05) is 0 Å². The van der Waals surface area contributed by atoms with Gasteiger partial charge in [-0.05, 0) is 18.4 Å². The molecular formula is C14H20N2O3. The first-order valence-corrected chi connectivity index (χ1v) is 6.83. The fourth-order valence-electron chi connectivity index (χ4n) is 2.57. The number of rotatable bonds is 5. The van der Waals surface area contributed by atoms with E-state index < -0.39 is 4.92 Å².